The Morgan fingerprint density at radius 1 is 0.885 bits per heavy atom. The van der Waals surface area contributed by atoms with Crippen molar-refractivity contribution in [1.29, 1.82) is 0 Å². The fourth-order valence-corrected chi connectivity index (χ4v) is 3.72. The van der Waals surface area contributed by atoms with Crippen LogP contribution in [0.25, 0.3) is 0 Å². The first-order valence-corrected chi connectivity index (χ1v) is 9.80. The molecule has 0 saturated carbocycles. The van der Waals surface area contributed by atoms with Crippen molar-refractivity contribution in [3.63, 3.8) is 0 Å². The first-order chi connectivity index (χ1) is 12.5. The van der Waals surface area contributed by atoms with E-state index in [1.165, 1.54) is 23.5 Å². The lowest BCUT2D eigenvalue weighted by Crippen LogP contribution is -2.26. The Balaban J connectivity index is 1.72. The molecular formula is C20H18ClNO3S. The molecule has 0 fully saturated rings. The van der Waals surface area contributed by atoms with Gasteiger partial charge in [-0.3, -0.25) is 4.31 Å². The summed E-state index contributed by atoms with van der Waals surface area (Å²) < 4.78 is 32.3. The zero-order chi connectivity index (χ0) is 18.6. The van der Waals surface area contributed by atoms with Gasteiger partial charge >= 0.3 is 0 Å². The van der Waals surface area contributed by atoms with Crippen LogP contribution in [0.15, 0.2) is 83.8 Å². The molecule has 0 heterocycles. The molecule has 0 atom stereocenters. The fourth-order valence-electron chi connectivity index (χ4n) is 2.40. The summed E-state index contributed by atoms with van der Waals surface area (Å²) in [4.78, 5) is 0.189. The molecule has 0 aromatic heterocycles. The summed E-state index contributed by atoms with van der Waals surface area (Å²) in [7, 11) is -2.13. The number of halogens is 1. The van der Waals surface area contributed by atoms with Gasteiger partial charge in [0, 0.05) is 12.1 Å². The van der Waals surface area contributed by atoms with E-state index >= 15 is 0 Å². The predicted molar refractivity (Wildman–Crippen MR) is 104 cm³/mol. The molecule has 0 spiro atoms. The van der Waals surface area contributed by atoms with Gasteiger partial charge in [0.2, 0.25) is 0 Å². The second-order valence-corrected chi connectivity index (χ2v) is 8.10. The van der Waals surface area contributed by atoms with Crippen LogP contribution in [0.1, 0.15) is 5.56 Å². The Labute approximate surface area is 158 Å². The molecule has 6 heteroatoms. The average Bonchev–Trinajstić information content (AvgIpc) is 2.67. The van der Waals surface area contributed by atoms with E-state index < -0.39 is 10.0 Å². The number of hydrogen-bond donors (Lipinski definition) is 0. The van der Waals surface area contributed by atoms with Crippen LogP contribution in [-0.4, -0.2) is 15.5 Å². The smallest absolute Gasteiger partial charge is 0.264 e. The highest BCUT2D eigenvalue weighted by Gasteiger charge is 2.21. The SMILES string of the molecule is CN(c1ccc(OCc2ccccc2)cc1)S(=O)(=O)c1ccc(Cl)cc1. The lowest BCUT2D eigenvalue weighted by atomic mass is 10.2. The van der Waals surface area contributed by atoms with Gasteiger partial charge in [-0.05, 0) is 54.1 Å². The van der Waals surface area contributed by atoms with Crippen molar-refractivity contribution < 1.29 is 13.2 Å². The molecule has 3 aromatic rings. The van der Waals surface area contributed by atoms with Gasteiger partial charge < -0.3 is 4.74 Å². The quantitative estimate of drug-likeness (QED) is 0.613. The van der Waals surface area contributed by atoms with E-state index in [4.69, 9.17) is 16.3 Å². The minimum absolute atomic E-state index is 0.189. The second kappa shape index (κ2) is 7.81. The summed E-state index contributed by atoms with van der Waals surface area (Å²) in [5, 5.41) is 0.492. The minimum atomic E-state index is -3.64. The number of sulfonamides is 1. The maximum Gasteiger partial charge on any atom is 0.264 e. The summed E-state index contributed by atoms with van der Waals surface area (Å²) in [5.41, 5.74) is 1.62. The van der Waals surface area contributed by atoms with Crippen LogP contribution in [0, 0.1) is 0 Å². The topological polar surface area (TPSA) is 46.6 Å². The van der Waals surface area contributed by atoms with Crippen LogP contribution < -0.4 is 9.04 Å². The standard InChI is InChI=1S/C20H18ClNO3S/c1-22(26(23,24)20-13-7-17(21)8-14-20)18-9-11-19(12-10-18)25-15-16-5-3-2-4-6-16/h2-14H,15H2,1H3. The Morgan fingerprint density at radius 2 is 1.50 bits per heavy atom. The molecule has 3 aromatic carbocycles. The summed E-state index contributed by atoms with van der Waals surface area (Å²) in [6.07, 6.45) is 0. The van der Waals surface area contributed by atoms with Crippen molar-refractivity contribution in [2.24, 2.45) is 0 Å². The molecule has 0 saturated heterocycles. The molecule has 3 rings (SSSR count). The van der Waals surface area contributed by atoms with Gasteiger partial charge in [-0.2, -0.15) is 0 Å². The zero-order valence-corrected chi connectivity index (χ0v) is 15.7. The molecule has 134 valence electrons. The van der Waals surface area contributed by atoms with Crippen LogP contribution >= 0.6 is 11.6 Å². The van der Waals surface area contributed by atoms with Gasteiger partial charge in [0.05, 0.1) is 10.6 Å². The molecule has 0 bridgehead atoms. The molecule has 0 radical (unpaired) electrons. The van der Waals surface area contributed by atoms with Crippen molar-refractivity contribution in [2.75, 3.05) is 11.4 Å². The number of ether oxygens (including phenoxy) is 1. The van der Waals surface area contributed by atoms with Crippen LogP contribution in [0.4, 0.5) is 5.69 Å². The molecular weight excluding hydrogens is 370 g/mol. The Hall–Kier alpha value is -2.50. The van der Waals surface area contributed by atoms with E-state index in [-0.39, 0.29) is 4.90 Å². The first kappa shape index (κ1) is 18.3. The molecule has 0 aliphatic rings. The van der Waals surface area contributed by atoms with Crippen molar-refractivity contribution in [3.8, 4) is 5.75 Å². The second-order valence-electron chi connectivity index (χ2n) is 5.69. The maximum absolute atomic E-state index is 12.7. The minimum Gasteiger partial charge on any atom is -0.489 e. The number of nitrogens with zero attached hydrogens (tertiary/aromatic N) is 1. The van der Waals surface area contributed by atoms with Crippen molar-refractivity contribution in [1.82, 2.24) is 0 Å². The lowest BCUT2D eigenvalue weighted by Gasteiger charge is -2.20. The van der Waals surface area contributed by atoms with Gasteiger partial charge in [-0.15, -0.1) is 0 Å². The molecule has 0 unspecified atom stereocenters. The summed E-state index contributed by atoms with van der Waals surface area (Å²) in [6.45, 7) is 0.457. The third kappa shape index (κ3) is 4.18. The number of rotatable bonds is 6. The van der Waals surface area contributed by atoms with Crippen LogP contribution in [0.5, 0.6) is 5.75 Å². The Bertz CT molecular complexity index is 956. The van der Waals surface area contributed by atoms with Gasteiger partial charge in [0.1, 0.15) is 12.4 Å². The molecule has 0 amide bonds. The zero-order valence-electron chi connectivity index (χ0n) is 14.2. The number of hydrogen-bond acceptors (Lipinski definition) is 3. The Kier molecular flexibility index (Phi) is 5.49. The third-order valence-electron chi connectivity index (χ3n) is 3.92. The monoisotopic (exact) mass is 387 g/mol. The molecule has 0 aliphatic carbocycles. The molecule has 26 heavy (non-hydrogen) atoms. The van der Waals surface area contributed by atoms with Crippen LogP contribution in [0.2, 0.25) is 5.02 Å². The van der Waals surface area contributed by atoms with E-state index in [2.05, 4.69) is 0 Å². The number of anilines is 1. The first-order valence-electron chi connectivity index (χ1n) is 7.98. The summed E-state index contributed by atoms with van der Waals surface area (Å²) >= 11 is 5.83. The van der Waals surface area contributed by atoms with E-state index in [0.717, 1.165) is 5.56 Å². The highest BCUT2D eigenvalue weighted by molar-refractivity contribution is 7.92. The maximum atomic E-state index is 12.7. The molecule has 4 nitrogen and oxygen atoms in total. The summed E-state index contributed by atoms with van der Waals surface area (Å²) in [6, 6.07) is 22.9. The van der Waals surface area contributed by atoms with Crippen LogP contribution in [-0.2, 0) is 16.6 Å². The average molecular weight is 388 g/mol. The van der Waals surface area contributed by atoms with Gasteiger partial charge in [0.15, 0.2) is 0 Å². The fraction of sp³-hybridized carbons (Fsp3) is 0.100. The van der Waals surface area contributed by atoms with E-state index in [1.54, 1.807) is 36.4 Å². The molecule has 0 N–H and O–H groups in total. The van der Waals surface area contributed by atoms with Crippen molar-refractivity contribution in [3.05, 3.63) is 89.4 Å². The Morgan fingerprint density at radius 3 is 2.12 bits per heavy atom. The molecule has 0 aliphatic heterocycles. The lowest BCUT2D eigenvalue weighted by molar-refractivity contribution is 0.306. The van der Waals surface area contributed by atoms with Gasteiger partial charge in [-0.1, -0.05) is 41.9 Å². The number of benzene rings is 3. The summed E-state index contributed by atoms with van der Waals surface area (Å²) in [5.74, 6) is 0.676. The van der Waals surface area contributed by atoms with Gasteiger partial charge in [-0.25, -0.2) is 8.42 Å². The van der Waals surface area contributed by atoms with E-state index in [1.807, 2.05) is 30.3 Å². The highest BCUT2D eigenvalue weighted by Crippen LogP contribution is 2.25. The van der Waals surface area contributed by atoms with E-state index in [9.17, 15) is 8.42 Å². The van der Waals surface area contributed by atoms with Crippen LogP contribution in [0.3, 0.4) is 0 Å². The van der Waals surface area contributed by atoms with Gasteiger partial charge in [0.25, 0.3) is 10.0 Å². The third-order valence-corrected chi connectivity index (χ3v) is 5.97. The van der Waals surface area contributed by atoms with Crippen molar-refractivity contribution in [2.45, 2.75) is 11.5 Å². The normalized spacial score (nSPS) is 11.2. The predicted octanol–water partition coefficient (Wildman–Crippen LogP) is 4.74. The van der Waals surface area contributed by atoms with Crippen molar-refractivity contribution >= 4 is 27.3 Å². The van der Waals surface area contributed by atoms with E-state index in [0.29, 0.717) is 23.1 Å². The highest BCUT2D eigenvalue weighted by atomic mass is 35.5. The largest absolute Gasteiger partial charge is 0.489 e.